The van der Waals surface area contributed by atoms with Gasteiger partial charge in [-0.15, -0.1) is 11.6 Å². The SMILES string of the molecule is COC(=O)CCCCCCCCCCCl.ClCl. The highest BCUT2D eigenvalue weighted by atomic mass is 36.5. The molecule has 0 aliphatic rings. The Morgan fingerprint density at radius 3 is 1.71 bits per heavy atom. The molecule has 0 unspecified atom stereocenters. The lowest BCUT2D eigenvalue weighted by molar-refractivity contribution is -0.140. The number of hydrogen-bond acceptors (Lipinski definition) is 2. The second-order valence-electron chi connectivity index (χ2n) is 3.84. The van der Waals surface area contributed by atoms with Crippen molar-refractivity contribution in [3.05, 3.63) is 0 Å². The van der Waals surface area contributed by atoms with E-state index in [4.69, 9.17) is 11.6 Å². The van der Waals surface area contributed by atoms with Gasteiger partial charge in [0.15, 0.2) is 0 Å². The van der Waals surface area contributed by atoms with Gasteiger partial charge in [0.05, 0.1) is 7.11 Å². The molecule has 0 radical (unpaired) electrons. The van der Waals surface area contributed by atoms with Crippen molar-refractivity contribution in [3.63, 3.8) is 0 Å². The van der Waals surface area contributed by atoms with Crippen LogP contribution in [0.3, 0.4) is 0 Å². The molecule has 0 heterocycles. The fourth-order valence-corrected chi connectivity index (χ4v) is 1.72. The predicted molar refractivity (Wildman–Crippen MR) is 76.0 cm³/mol. The highest BCUT2D eigenvalue weighted by Gasteiger charge is 1.98. The third-order valence-corrected chi connectivity index (χ3v) is 2.76. The first-order chi connectivity index (χ1) is 8.31. The summed E-state index contributed by atoms with van der Waals surface area (Å²) in [5.41, 5.74) is 0. The van der Waals surface area contributed by atoms with Crippen molar-refractivity contribution in [2.75, 3.05) is 13.0 Å². The van der Waals surface area contributed by atoms with Gasteiger partial charge in [0.1, 0.15) is 0 Å². The van der Waals surface area contributed by atoms with E-state index in [2.05, 4.69) is 26.4 Å². The van der Waals surface area contributed by atoms with Gasteiger partial charge in [-0.1, -0.05) is 38.5 Å². The summed E-state index contributed by atoms with van der Waals surface area (Å²) >= 11 is 5.58. The molecule has 0 aliphatic carbocycles. The van der Waals surface area contributed by atoms with Crippen LogP contribution in [0.5, 0.6) is 0 Å². The monoisotopic (exact) mass is 304 g/mol. The number of alkyl halides is 1. The quantitative estimate of drug-likeness (QED) is 0.311. The molecule has 0 atom stereocenters. The van der Waals surface area contributed by atoms with Crippen LogP contribution in [0.2, 0.25) is 0 Å². The topological polar surface area (TPSA) is 26.3 Å². The van der Waals surface area contributed by atoms with E-state index >= 15 is 0 Å². The van der Waals surface area contributed by atoms with Crippen LogP contribution in [0.1, 0.15) is 57.8 Å². The molecule has 0 saturated heterocycles. The summed E-state index contributed by atoms with van der Waals surface area (Å²) in [5, 5.41) is 0. The molecule has 5 heteroatoms. The maximum absolute atomic E-state index is 10.8. The number of hydrogen-bond donors (Lipinski definition) is 0. The number of esters is 1. The first-order valence-electron chi connectivity index (χ1n) is 6.08. The molecule has 0 spiro atoms. The van der Waals surface area contributed by atoms with E-state index in [0.29, 0.717) is 6.42 Å². The second kappa shape index (κ2) is 18.7. The van der Waals surface area contributed by atoms with Gasteiger partial charge >= 0.3 is 5.97 Å². The van der Waals surface area contributed by atoms with Gasteiger partial charge in [-0.05, 0) is 12.8 Å². The number of carbonyl (C=O) groups excluding carboxylic acids is 1. The Bertz CT molecular complexity index is 155. The largest absolute Gasteiger partial charge is 0.469 e. The number of rotatable bonds is 10. The lowest BCUT2D eigenvalue weighted by atomic mass is 10.1. The smallest absolute Gasteiger partial charge is 0.305 e. The van der Waals surface area contributed by atoms with E-state index in [1.165, 1.54) is 39.2 Å². The fourth-order valence-electron chi connectivity index (χ4n) is 1.53. The Kier molecular flexibility index (Phi) is 21.6. The van der Waals surface area contributed by atoms with E-state index in [1.807, 2.05) is 0 Å². The minimum Gasteiger partial charge on any atom is -0.469 e. The van der Waals surface area contributed by atoms with Gasteiger partial charge in [-0.25, -0.2) is 0 Å². The van der Waals surface area contributed by atoms with Crippen LogP contribution in [0.25, 0.3) is 0 Å². The zero-order valence-electron chi connectivity index (χ0n) is 10.5. The summed E-state index contributed by atoms with van der Waals surface area (Å²) in [4.78, 5) is 10.8. The van der Waals surface area contributed by atoms with Crippen LogP contribution >= 0.6 is 33.3 Å². The summed E-state index contributed by atoms with van der Waals surface area (Å²) in [6.45, 7) is 0. The highest BCUT2D eigenvalue weighted by molar-refractivity contribution is 6.85. The minimum atomic E-state index is -0.0860. The molecule has 0 bridgehead atoms. The van der Waals surface area contributed by atoms with Gasteiger partial charge in [0.2, 0.25) is 0 Å². The number of ether oxygens (including phenoxy) is 1. The molecule has 0 aromatic carbocycles. The van der Waals surface area contributed by atoms with E-state index in [9.17, 15) is 4.79 Å². The molecule has 0 saturated carbocycles. The van der Waals surface area contributed by atoms with Gasteiger partial charge in [-0.3, -0.25) is 4.79 Å². The van der Waals surface area contributed by atoms with Crippen LogP contribution in [-0.4, -0.2) is 19.0 Å². The lowest BCUT2D eigenvalue weighted by Crippen LogP contribution is -1.99. The molecule has 0 aliphatic heterocycles. The Hall–Kier alpha value is 0.340. The van der Waals surface area contributed by atoms with Crippen LogP contribution in [0.4, 0.5) is 0 Å². The van der Waals surface area contributed by atoms with Crippen LogP contribution in [0, 0.1) is 0 Å². The van der Waals surface area contributed by atoms with Crippen molar-refractivity contribution < 1.29 is 9.53 Å². The van der Waals surface area contributed by atoms with Crippen molar-refractivity contribution >= 4 is 39.3 Å². The molecule has 0 aromatic rings. The van der Waals surface area contributed by atoms with Crippen LogP contribution < -0.4 is 0 Å². The lowest BCUT2D eigenvalue weighted by Gasteiger charge is -2.01. The summed E-state index contributed by atoms with van der Waals surface area (Å²) in [6, 6.07) is 0. The first-order valence-corrected chi connectivity index (χ1v) is 7.76. The molecular weight excluding hydrogens is 282 g/mol. The Balaban J connectivity index is 0. The van der Waals surface area contributed by atoms with Gasteiger partial charge in [-0.2, -0.15) is 0 Å². The van der Waals surface area contributed by atoms with E-state index in [0.717, 1.165) is 25.1 Å². The first kappa shape index (κ1) is 19.7. The molecular formula is C12H23Cl3O2. The maximum Gasteiger partial charge on any atom is 0.305 e. The van der Waals surface area contributed by atoms with Crippen molar-refractivity contribution in [1.82, 2.24) is 0 Å². The molecule has 0 aromatic heterocycles. The molecule has 0 N–H and O–H groups in total. The van der Waals surface area contributed by atoms with Gasteiger partial charge in [0, 0.05) is 34.0 Å². The average Bonchev–Trinajstić information content (AvgIpc) is 2.39. The van der Waals surface area contributed by atoms with Crippen LogP contribution in [0.15, 0.2) is 0 Å². The van der Waals surface area contributed by atoms with E-state index in [1.54, 1.807) is 0 Å². The molecule has 104 valence electrons. The van der Waals surface area contributed by atoms with Gasteiger partial charge < -0.3 is 4.74 Å². The summed E-state index contributed by atoms with van der Waals surface area (Å²) < 4.78 is 4.57. The van der Waals surface area contributed by atoms with Crippen molar-refractivity contribution in [1.29, 1.82) is 0 Å². The zero-order chi connectivity index (χ0) is 13.4. The third-order valence-electron chi connectivity index (χ3n) is 2.49. The Morgan fingerprint density at radius 1 is 0.882 bits per heavy atom. The molecule has 2 nitrogen and oxygen atoms in total. The third kappa shape index (κ3) is 18.9. The molecule has 17 heavy (non-hydrogen) atoms. The summed E-state index contributed by atoms with van der Waals surface area (Å²) in [6.07, 6.45) is 10.2. The average molecular weight is 306 g/mol. The van der Waals surface area contributed by atoms with Gasteiger partial charge in [0.25, 0.3) is 0 Å². The molecule has 0 fully saturated rings. The zero-order valence-corrected chi connectivity index (χ0v) is 12.8. The van der Waals surface area contributed by atoms with Crippen molar-refractivity contribution in [2.24, 2.45) is 0 Å². The fraction of sp³-hybridized carbons (Fsp3) is 0.917. The second-order valence-corrected chi connectivity index (χ2v) is 4.22. The van der Waals surface area contributed by atoms with Crippen LogP contribution in [-0.2, 0) is 9.53 Å². The predicted octanol–water partition coefficient (Wildman–Crippen LogP) is 5.29. The number of methoxy groups -OCH3 is 1. The summed E-state index contributed by atoms with van der Waals surface area (Å²) in [5.74, 6) is 0.705. The number of carbonyl (C=O) groups is 1. The van der Waals surface area contributed by atoms with Crippen molar-refractivity contribution in [2.45, 2.75) is 57.8 Å². The normalized spacial score (nSPS) is 9.41. The van der Waals surface area contributed by atoms with E-state index in [-0.39, 0.29) is 5.97 Å². The number of unbranched alkanes of at least 4 members (excludes halogenated alkanes) is 7. The minimum absolute atomic E-state index is 0.0860. The Morgan fingerprint density at radius 2 is 1.29 bits per heavy atom. The summed E-state index contributed by atoms with van der Waals surface area (Å²) in [7, 11) is 9.67. The number of halogens is 3. The molecule has 0 amide bonds. The standard InChI is InChI=1S/C12H23ClO2.Cl2/c1-15-12(14)10-8-6-4-2-3-5-7-9-11-13;1-2/h2-11H2,1H3;. The van der Waals surface area contributed by atoms with E-state index < -0.39 is 0 Å². The Labute approximate surface area is 120 Å². The van der Waals surface area contributed by atoms with Crippen molar-refractivity contribution in [3.8, 4) is 0 Å². The molecule has 0 rings (SSSR count). The highest BCUT2D eigenvalue weighted by Crippen LogP contribution is 2.10. The maximum atomic E-state index is 10.8.